The van der Waals surface area contributed by atoms with E-state index >= 15 is 0 Å². The van der Waals surface area contributed by atoms with Crippen molar-refractivity contribution >= 4 is 24.0 Å². The van der Waals surface area contributed by atoms with E-state index in [0.29, 0.717) is 11.8 Å². The van der Waals surface area contributed by atoms with Crippen LogP contribution < -0.4 is 5.26 Å². The number of hydrogen-bond donors (Lipinski definition) is 0. The smallest absolute Gasteiger partial charge is 0.415 e. The summed E-state index contributed by atoms with van der Waals surface area (Å²) in [4.78, 5) is 23.7. The number of carbonyl (C=O) groups is 2. The fourth-order valence-corrected chi connectivity index (χ4v) is 5.78. The molecular weight excluding hydrogens is 386 g/mol. The minimum atomic E-state index is -4.17. The number of rotatable bonds is 9. The lowest BCUT2D eigenvalue weighted by Crippen LogP contribution is -2.59. The fourth-order valence-electron chi connectivity index (χ4n) is 5.54. The molecule has 0 spiro atoms. The van der Waals surface area contributed by atoms with Gasteiger partial charge < -0.3 is 14.7 Å². The van der Waals surface area contributed by atoms with Crippen molar-refractivity contribution in [3.05, 3.63) is 0 Å². The van der Waals surface area contributed by atoms with Crippen molar-refractivity contribution < 1.29 is 42.5 Å². The van der Waals surface area contributed by atoms with Crippen LogP contribution in [0.3, 0.4) is 0 Å². The molecule has 0 aromatic carbocycles. The standard InChI is InChI=1S/C17H24F2O7S/c1-2-3-16(12-5-10-4-11(7-12)8-13(16)6-10)24-14(20)9-23-15(21)17(18,19)27-26-25-22/h10-13,22H,2-9H2,1H3/p-1. The molecule has 0 aromatic rings. The van der Waals surface area contributed by atoms with E-state index in [-0.39, 0.29) is 11.8 Å². The van der Waals surface area contributed by atoms with Crippen molar-refractivity contribution in [1.29, 1.82) is 0 Å². The molecule has 4 rings (SSSR count). The highest BCUT2D eigenvalue weighted by molar-refractivity contribution is 7.96. The highest BCUT2D eigenvalue weighted by Gasteiger charge is 2.59. The van der Waals surface area contributed by atoms with Gasteiger partial charge in [-0.2, -0.15) is 13.1 Å². The topological polar surface area (TPSA) is 94.1 Å². The van der Waals surface area contributed by atoms with Gasteiger partial charge in [0.25, 0.3) is 0 Å². The van der Waals surface area contributed by atoms with E-state index in [2.05, 4.69) is 14.1 Å². The van der Waals surface area contributed by atoms with E-state index in [1.54, 1.807) is 0 Å². The van der Waals surface area contributed by atoms with Gasteiger partial charge >= 0.3 is 17.2 Å². The van der Waals surface area contributed by atoms with Gasteiger partial charge in [-0.1, -0.05) is 13.3 Å². The second-order valence-electron chi connectivity index (χ2n) is 7.80. The Morgan fingerprint density at radius 2 is 1.74 bits per heavy atom. The van der Waals surface area contributed by atoms with Crippen molar-refractivity contribution in [1.82, 2.24) is 0 Å². The zero-order valence-electron chi connectivity index (χ0n) is 15.0. The molecule has 0 saturated heterocycles. The van der Waals surface area contributed by atoms with E-state index in [9.17, 15) is 23.6 Å². The Bertz CT molecular complexity index is 543. The summed E-state index contributed by atoms with van der Waals surface area (Å²) in [6, 6.07) is 0. The van der Waals surface area contributed by atoms with Crippen molar-refractivity contribution in [2.45, 2.75) is 62.7 Å². The Morgan fingerprint density at radius 3 is 2.26 bits per heavy atom. The average Bonchev–Trinajstić information content (AvgIpc) is 2.62. The van der Waals surface area contributed by atoms with Crippen LogP contribution in [0, 0.1) is 23.7 Å². The molecule has 4 fully saturated rings. The van der Waals surface area contributed by atoms with Gasteiger partial charge in [0.05, 0.1) is 0 Å². The highest BCUT2D eigenvalue weighted by Crippen LogP contribution is 2.61. The SMILES string of the molecule is CCCC1(OC(=O)COC(=O)C(F)(F)SOO[O-])C2CC3CC(C2)CC1C3. The highest BCUT2D eigenvalue weighted by atomic mass is 32.2. The van der Waals surface area contributed by atoms with Crippen molar-refractivity contribution in [2.75, 3.05) is 6.61 Å². The molecule has 4 aliphatic carbocycles. The van der Waals surface area contributed by atoms with E-state index in [0.717, 1.165) is 38.5 Å². The van der Waals surface area contributed by atoms with Gasteiger partial charge in [-0.05, 0) is 62.2 Å². The van der Waals surface area contributed by atoms with Gasteiger partial charge in [-0.3, -0.25) is 5.04 Å². The monoisotopic (exact) mass is 409 g/mol. The predicted octanol–water partition coefficient (Wildman–Crippen LogP) is 2.53. The maximum absolute atomic E-state index is 13.3. The second kappa shape index (κ2) is 8.18. The summed E-state index contributed by atoms with van der Waals surface area (Å²) in [6.45, 7) is 1.11. The van der Waals surface area contributed by atoms with Gasteiger partial charge in [0.2, 0.25) is 0 Å². The molecule has 27 heavy (non-hydrogen) atoms. The Balaban J connectivity index is 1.59. The van der Waals surface area contributed by atoms with Crippen LogP contribution >= 0.6 is 12.0 Å². The lowest BCUT2D eigenvalue weighted by Gasteiger charge is -2.60. The molecular formula is C17H23F2O7S-. The van der Waals surface area contributed by atoms with E-state index < -0.39 is 41.4 Å². The number of ether oxygens (including phenoxy) is 2. The predicted molar refractivity (Wildman–Crippen MR) is 86.4 cm³/mol. The Labute approximate surface area is 160 Å². The zero-order chi connectivity index (χ0) is 19.7. The minimum Gasteiger partial charge on any atom is -0.691 e. The van der Waals surface area contributed by atoms with Crippen molar-refractivity contribution in [3.63, 3.8) is 0 Å². The molecule has 0 radical (unpaired) electrons. The third-order valence-electron chi connectivity index (χ3n) is 6.19. The van der Waals surface area contributed by atoms with Crippen LogP contribution in [0.4, 0.5) is 8.78 Å². The molecule has 4 bridgehead atoms. The van der Waals surface area contributed by atoms with Crippen LogP contribution in [0.15, 0.2) is 0 Å². The number of carbonyl (C=O) groups excluding carboxylic acids is 2. The maximum atomic E-state index is 13.3. The molecule has 154 valence electrons. The van der Waals surface area contributed by atoms with E-state index in [4.69, 9.17) is 4.74 Å². The molecule has 4 saturated carbocycles. The summed E-state index contributed by atoms with van der Waals surface area (Å²) in [5.41, 5.74) is -0.581. The first-order chi connectivity index (χ1) is 12.8. The van der Waals surface area contributed by atoms with Crippen LogP contribution in [-0.2, 0) is 28.4 Å². The quantitative estimate of drug-likeness (QED) is 0.248. The minimum absolute atomic E-state index is 0.285. The first-order valence-corrected chi connectivity index (χ1v) is 9.96. The first-order valence-electron chi connectivity index (χ1n) is 9.22. The van der Waals surface area contributed by atoms with Crippen LogP contribution in [0.5, 0.6) is 0 Å². The molecule has 0 atom stereocenters. The van der Waals surface area contributed by atoms with Gasteiger partial charge in [-0.15, -0.1) is 0 Å². The molecule has 0 aliphatic heterocycles. The largest absolute Gasteiger partial charge is 0.691 e. The van der Waals surface area contributed by atoms with Gasteiger partial charge in [0.15, 0.2) is 6.61 Å². The number of alkyl halides is 2. The van der Waals surface area contributed by atoms with Crippen LogP contribution in [0.1, 0.15) is 51.9 Å². The van der Waals surface area contributed by atoms with Crippen molar-refractivity contribution in [2.24, 2.45) is 23.7 Å². The Kier molecular flexibility index (Phi) is 6.29. The van der Waals surface area contributed by atoms with E-state index in [1.165, 1.54) is 6.42 Å². The molecule has 0 amide bonds. The third kappa shape index (κ3) is 4.23. The maximum Gasteiger partial charge on any atom is 0.415 e. The number of hydrogen-bond acceptors (Lipinski definition) is 8. The van der Waals surface area contributed by atoms with Crippen LogP contribution in [0.2, 0.25) is 0 Å². The number of esters is 2. The average molecular weight is 409 g/mol. The van der Waals surface area contributed by atoms with Crippen LogP contribution in [-0.4, -0.2) is 29.4 Å². The fraction of sp³-hybridized carbons (Fsp3) is 0.882. The van der Waals surface area contributed by atoms with Gasteiger partial charge in [-0.25, -0.2) is 9.59 Å². The second-order valence-corrected chi connectivity index (χ2v) is 8.61. The molecule has 4 aliphatic rings. The Morgan fingerprint density at radius 1 is 1.15 bits per heavy atom. The summed E-state index contributed by atoms with van der Waals surface area (Å²) >= 11 is -0.795. The molecule has 0 heterocycles. The zero-order valence-corrected chi connectivity index (χ0v) is 15.8. The summed E-state index contributed by atoms with van der Waals surface area (Å²) in [7, 11) is 0. The normalized spacial score (nSPS) is 34.5. The molecule has 7 nitrogen and oxygen atoms in total. The summed E-state index contributed by atoms with van der Waals surface area (Å²) in [5.74, 6) is -0.885. The summed E-state index contributed by atoms with van der Waals surface area (Å²) in [6.07, 6.45) is 6.94. The van der Waals surface area contributed by atoms with Gasteiger partial charge in [0.1, 0.15) is 17.6 Å². The summed E-state index contributed by atoms with van der Waals surface area (Å²) < 4.78 is 40.3. The van der Waals surface area contributed by atoms with Crippen LogP contribution in [0.25, 0.3) is 0 Å². The molecule has 10 heteroatoms. The third-order valence-corrected chi connectivity index (χ3v) is 6.69. The lowest BCUT2D eigenvalue weighted by atomic mass is 9.49. The van der Waals surface area contributed by atoms with Crippen molar-refractivity contribution in [3.8, 4) is 0 Å². The number of halogens is 2. The first kappa shape index (κ1) is 20.8. The molecule has 0 unspecified atom stereocenters. The lowest BCUT2D eigenvalue weighted by molar-refractivity contribution is -0.777. The molecule has 0 N–H and O–H groups in total. The van der Waals surface area contributed by atoms with Gasteiger partial charge in [0, 0.05) is 0 Å². The van der Waals surface area contributed by atoms with E-state index in [1.807, 2.05) is 6.92 Å². The molecule has 0 aromatic heterocycles. The summed E-state index contributed by atoms with van der Waals surface area (Å²) in [5, 5.41) is 8.21. The Hall–Kier alpha value is -0.970.